The summed E-state index contributed by atoms with van der Waals surface area (Å²) >= 11 is 4.94. The van der Waals surface area contributed by atoms with E-state index in [1.807, 2.05) is 0 Å². The fourth-order valence-corrected chi connectivity index (χ4v) is 2.41. The molecule has 0 spiro atoms. The highest BCUT2D eigenvalue weighted by molar-refractivity contribution is 7.79. The fourth-order valence-electron chi connectivity index (χ4n) is 2.20. The molecule has 1 aromatic rings. The van der Waals surface area contributed by atoms with Gasteiger partial charge in [-0.05, 0) is 19.1 Å². The number of hydrogen-bond donors (Lipinski definition) is 2. The summed E-state index contributed by atoms with van der Waals surface area (Å²) in [4.78, 5) is 10.1. The van der Waals surface area contributed by atoms with E-state index in [4.69, 9.17) is 31.2 Å². The smallest absolute Gasteiger partial charge is 0.358 e. The number of rotatable bonds is 4. The van der Waals surface area contributed by atoms with Gasteiger partial charge < -0.3 is 29.2 Å². The number of aliphatic hydroxyl groups excluding tert-OH is 2. The van der Waals surface area contributed by atoms with Crippen LogP contribution in [-0.4, -0.2) is 58.2 Å². The first-order valence-electron chi connectivity index (χ1n) is 7.00. The zero-order valence-corrected chi connectivity index (χ0v) is 13.7. The molecule has 1 aliphatic heterocycles. The van der Waals surface area contributed by atoms with E-state index in [0.717, 1.165) is 0 Å². The topological polar surface area (TPSA) is 121 Å². The van der Waals surface area contributed by atoms with Crippen molar-refractivity contribution in [3.8, 4) is 5.75 Å². The van der Waals surface area contributed by atoms with Gasteiger partial charge in [-0.25, -0.2) is 0 Å². The number of nitro groups is 1. The van der Waals surface area contributed by atoms with Crippen LogP contribution in [0.15, 0.2) is 24.3 Å². The molecule has 1 saturated heterocycles. The number of aliphatic hydroxyl groups is 2. The van der Waals surface area contributed by atoms with Crippen molar-refractivity contribution in [3.05, 3.63) is 34.4 Å². The first-order chi connectivity index (χ1) is 11.3. The quantitative estimate of drug-likeness (QED) is 0.456. The molecule has 1 heterocycles. The number of non-ortho nitro benzene ring substituents is 1. The van der Waals surface area contributed by atoms with Gasteiger partial charge in [-0.1, -0.05) is 0 Å². The van der Waals surface area contributed by atoms with Crippen molar-refractivity contribution in [2.75, 3.05) is 7.11 Å². The summed E-state index contributed by atoms with van der Waals surface area (Å²) in [5.74, 6) is 0.220. The molecular formula is C14H17NO8S. The van der Waals surface area contributed by atoms with Crippen LogP contribution >= 0.6 is 12.2 Å². The summed E-state index contributed by atoms with van der Waals surface area (Å²) in [5, 5.41) is 30.4. The van der Waals surface area contributed by atoms with E-state index < -0.39 is 35.6 Å². The molecule has 10 heteroatoms. The largest absolute Gasteiger partial charge is 0.447 e. The SMILES string of the molecule is CO[C@H]1O[C@@H](C)[C@H](O)[C@@H](OC(=S)Oc2ccc([N+](=O)[O-])cc2)[C@H]1O. The predicted octanol–water partition coefficient (Wildman–Crippen LogP) is 0.757. The molecule has 0 amide bonds. The van der Waals surface area contributed by atoms with Crippen LogP contribution in [0.1, 0.15) is 6.92 Å². The summed E-state index contributed by atoms with van der Waals surface area (Å²) in [6, 6.07) is 5.20. The van der Waals surface area contributed by atoms with Crippen molar-refractivity contribution in [2.45, 2.75) is 37.6 Å². The number of benzene rings is 1. The fraction of sp³-hybridized carbons (Fsp3) is 0.500. The number of nitrogens with zero attached hydrogens (tertiary/aromatic N) is 1. The summed E-state index contributed by atoms with van der Waals surface area (Å²) in [5.41, 5.74) is -0.0961. The Morgan fingerprint density at radius 3 is 2.46 bits per heavy atom. The molecule has 1 aromatic carbocycles. The van der Waals surface area contributed by atoms with Crippen LogP contribution in [-0.2, 0) is 14.2 Å². The molecule has 0 aromatic heterocycles. The Balaban J connectivity index is 2.00. The van der Waals surface area contributed by atoms with Gasteiger partial charge in [-0.15, -0.1) is 0 Å². The number of thiocarbonyl (C=S) groups is 1. The Bertz CT molecular complexity index is 595. The minimum absolute atomic E-state index is 0.0961. The van der Waals surface area contributed by atoms with Gasteiger partial charge in [0.25, 0.3) is 5.69 Å². The third kappa shape index (κ3) is 4.16. The number of nitro benzene ring substituents is 1. The van der Waals surface area contributed by atoms with Crippen molar-refractivity contribution >= 4 is 23.1 Å². The molecule has 9 nitrogen and oxygen atoms in total. The zero-order chi connectivity index (χ0) is 17.9. The normalized spacial score (nSPS) is 29.8. The van der Waals surface area contributed by atoms with Gasteiger partial charge >= 0.3 is 5.24 Å². The van der Waals surface area contributed by atoms with Crippen molar-refractivity contribution in [3.63, 3.8) is 0 Å². The molecule has 2 N–H and O–H groups in total. The third-order valence-electron chi connectivity index (χ3n) is 3.50. The lowest BCUT2D eigenvalue weighted by molar-refractivity contribution is -0.384. The average Bonchev–Trinajstić information content (AvgIpc) is 2.55. The third-order valence-corrected chi connectivity index (χ3v) is 3.67. The van der Waals surface area contributed by atoms with E-state index in [0.29, 0.717) is 0 Å². The van der Waals surface area contributed by atoms with Gasteiger partial charge in [0, 0.05) is 31.5 Å². The highest BCUT2D eigenvalue weighted by Gasteiger charge is 2.45. The molecule has 0 unspecified atom stereocenters. The maximum Gasteiger partial charge on any atom is 0.358 e. The summed E-state index contributed by atoms with van der Waals surface area (Å²) in [6.07, 6.45) is -5.16. The minimum Gasteiger partial charge on any atom is -0.447 e. The second-order valence-electron chi connectivity index (χ2n) is 5.11. The van der Waals surface area contributed by atoms with Crippen molar-refractivity contribution in [1.29, 1.82) is 0 Å². The van der Waals surface area contributed by atoms with Crippen LogP contribution in [0.3, 0.4) is 0 Å². The summed E-state index contributed by atoms with van der Waals surface area (Å²) in [6.45, 7) is 1.60. The molecule has 2 rings (SSSR count). The van der Waals surface area contributed by atoms with E-state index in [-0.39, 0.29) is 16.7 Å². The second kappa shape index (κ2) is 7.81. The molecule has 0 bridgehead atoms. The standard InChI is InChI=1S/C14H17NO8S/c1-7-10(16)12(11(17)13(20-2)21-7)23-14(24)22-9-5-3-8(4-6-9)15(18)19/h3-7,10-13,16-17H,1-2H3/t7-,10-,11+,12+,13-/m0/s1. The van der Waals surface area contributed by atoms with E-state index in [9.17, 15) is 20.3 Å². The summed E-state index contributed by atoms with van der Waals surface area (Å²) < 4.78 is 20.8. The van der Waals surface area contributed by atoms with Crippen LogP contribution in [0.2, 0.25) is 0 Å². The molecule has 0 saturated carbocycles. The molecule has 0 radical (unpaired) electrons. The Morgan fingerprint density at radius 2 is 1.92 bits per heavy atom. The molecule has 5 atom stereocenters. The van der Waals surface area contributed by atoms with Gasteiger partial charge in [0.1, 0.15) is 18.0 Å². The minimum atomic E-state index is -1.28. The Morgan fingerprint density at radius 1 is 1.29 bits per heavy atom. The predicted molar refractivity (Wildman–Crippen MR) is 84.6 cm³/mol. The molecule has 0 aliphatic carbocycles. The van der Waals surface area contributed by atoms with E-state index in [2.05, 4.69) is 0 Å². The van der Waals surface area contributed by atoms with Crippen LogP contribution in [0.4, 0.5) is 5.69 Å². The first kappa shape index (κ1) is 18.5. The van der Waals surface area contributed by atoms with Gasteiger partial charge in [0.2, 0.25) is 0 Å². The monoisotopic (exact) mass is 359 g/mol. The van der Waals surface area contributed by atoms with E-state index in [1.54, 1.807) is 6.92 Å². The van der Waals surface area contributed by atoms with Crippen LogP contribution in [0.5, 0.6) is 5.75 Å². The van der Waals surface area contributed by atoms with Crippen molar-refractivity contribution in [2.24, 2.45) is 0 Å². The molecule has 1 aliphatic rings. The highest BCUT2D eigenvalue weighted by Crippen LogP contribution is 2.25. The Hall–Kier alpha value is -1.85. The van der Waals surface area contributed by atoms with Crippen molar-refractivity contribution in [1.82, 2.24) is 0 Å². The molecule has 24 heavy (non-hydrogen) atoms. The molecule has 1 fully saturated rings. The lowest BCUT2D eigenvalue weighted by atomic mass is 10.00. The number of hydrogen-bond acceptors (Lipinski definition) is 9. The zero-order valence-electron chi connectivity index (χ0n) is 12.9. The first-order valence-corrected chi connectivity index (χ1v) is 7.41. The van der Waals surface area contributed by atoms with Gasteiger partial charge in [0.15, 0.2) is 12.4 Å². The van der Waals surface area contributed by atoms with E-state index >= 15 is 0 Å². The van der Waals surface area contributed by atoms with Crippen LogP contribution in [0, 0.1) is 10.1 Å². The highest BCUT2D eigenvalue weighted by atomic mass is 32.1. The molecule has 132 valence electrons. The van der Waals surface area contributed by atoms with Crippen LogP contribution in [0.25, 0.3) is 0 Å². The number of methoxy groups -OCH3 is 1. The number of ether oxygens (including phenoxy) is 4. The Labute approximate surface area is 142 Å². The van der Waals surface area contributed by atoms with E-state index in [1.165, 1.54) is 31.4 Å². The van der Waals surface area contributed by atoms with Crippen LogP contribution < -0.4 is 4.74 Å². The maximum atomic E-state index is 10.6. The lowest BCUT2D eigenvalue weighted by Gasteiger charge is -2.40. The van der Waals surface area contributed by atoms with Gasteiger partial charge in [-0.3, -0.25) is 10.1 Å². The summed E-state index contributed by atoms with van der Waals surface area (Å²) in [7, 11) is 1.35. The maximum absolute atomic E-state index is 10.6. The second-order valence-corrected chi connectivity index (χ2v) is 5.45. The van der Waals surface area contributed by atoms with Gasteiger partial charge in [-0.2, -0.15) is 0 Å². The average molecular weight is 359 g/mol. The molecular weight excluding hydrogens is 342 g/mol. The Kier molecular flexibility index (Phi) is 6.02. The van der Waals surface area contributed by atoms with Crippen molar-refractivity contribution < 1.29 is 34.1 Å². The van der Waals surface area contributed by atoms with Gasteiger partial charge in [0.05, 0.1) is 11.0 Å². The lowest BCUT2D eigenvalue weighted by Crippen LogP contribution is -2.58.